The van der Waals surface area contributed by atoms with Crippen LogP contribution in [0.5, 0.6) is 11.5 Å². The van der Waals surface area contributed by atoms with E-state index in [4.69, 9.17) is 16.3 Å². The van der Waals surface area contributed by atoms with Gasteiger partial charge in [0.2, 0.25) is 0 Å². The van der Waals surface area contributed by atoms with Crippen molar-refractivity contribution in [3.8, 4) is 11.5 Å². The highest BCUT2D eigenvalue weighted by Gasteiger charge is 2.19. The van der Waals surface area contributed by atoms with Crippen molar-refractivity contribution in [2.24, 2.45) is 0 Å². The zero-order valence-electron chi connectivity index (χ0n) is 10.0. The first-order valence-corrected chi connectivity index (χ1v) is 6.00. The highest BCUT2D eigenvalue weighted by Crippen LogP contribution is 2.26. The first-order chi connectivity index (χ1) is 8.60. The van der Waals surface area contributed by atoms with Crippen LogP contribution in [0.2, 0.25) is 0 Å². The van der Waals surface area contributed by atoms with E-state index in [1.54, 1.807) is 7.11 Å². The molecule has 0 heterocycles. The lowest BCUT2D eigenvalue weighted by Crippen LogP contribution is -2.37. The average Bonchev–Trinajstić information content (AvgIpc) is 2.34. The molecule has 1 rings (SSSR count). The van der Waals surface area contributed by atoms with Gasteiger partial charge >= 0.3 is 0 Å². The monoisotopic (exact) mass is 273 g/mol. The summed E-state index contributed by atoms with van der Waals surface area (Å²) in [6.45, 7) is 0.463. The molecule has 1 aromatic carbocycles. The van der Waals surface area contributed by atoms with Crippen LogP contribution in [0.3, 0.4) is 0 Å². The summed E-state index contributed by atoms with van der Waals surface area (Å²) < 4.78 is 4.90. The zero-order valence-corrected chi connectivity index (χ0v) is 10.8. The first kappa shape index (κ1) is 14.6. The maximum atomic E-state index is 11.9. The van der Waals surface area contributed by atoms with Crippen LogP contribution in [0, 0.1) is 0 Å². The van der Waals surface area contributed by atoms with Gasteiger partial charge in [0.05, 0.1) is 0 Å². The number of hydrogen-bond acceptors (Lipinski definition) is 4. The molecule has 1 unspecified atom stereocenters. The topological polar surface area (TPSA) is 78.8 Å². The number of hydrogen-bond donors (Lipinski definition) is 3. The number of rotatable bonds is 6. The largest absolute Gasteiger partial charge is 0.507 e. The van der Waals surface area contributed by atoms with Crippen molar-refractivity contribution in [3.63, 3.8) is 0 Å². The molecule has 0 bridgehead atoms. The van der Waals surface area contributed by atoms with Gasteiger partial charge in [0, 0.05) is 25.6 Å². The Balaban J connectivity index is 2.75. The Bertz CT molecular complexity index is 391. The van der Waals surface area contributed by atoms with Gasteiger partial charge in [-0.05, 0) is 18.6 Å². The molecule has 1 aromatic rings. The van der Waals surface area contributed by atoms with E-state index in [0.29, 0.717) is 13.0 Å². The number of halogens is 1. The molecule has 0 aliphatic rings. The molecule has 0 fully saturated rings. The Kier molecular flexibility index (Phi) is 5.74. The number of nitrogens with one attached hydrogen (secondary N) is 1. The number of phenols is 2. The summed E-state index contributed by atoms with van der Waals surface area (Å²) >= 11 is 5.72. The van der Waals surface area contributed by atoms with E-state index in [-0.39, 0.29) is 29.0 Å². The smallest absolute Gasteiger partial charge is 0.259 e. The van der Waals surface area contributed by atoms with Crippen molar-refractivity contribution >= 4 is 17.5 Å². The number of aromatic hydroxyl groups is 2. The lowest BCUT2D eigenvalue weighted by Gasteiger charge is -2.16. The van der Waals surface area contributed by atoms with E-state index in [9.17, 15) is 15.0 Å². The summed E-state index contributed by atoms with van der Waals surface area (Å²) in [5.41, 5.74) is -0.148. The fourth-order valence-corrected chi connectivity index (χ4v) is 1.70. The Morgan fingerprint density at radius 1 is 1.44 bits per heavy atom. The van der Waals surface area contributed by atoms with Crippen LogP contribution in [-0.4, -0.2) is 41.8 Å². The van der Waals surface area contributed by atoms with Crippen molar-refractivity contribution in [3.05, 3.63) is 23.8 Å². The predicted octanol–water partition coefficient (Wildman–Crippen LogP) is 1.47. The fourth-order valence-electron chi connectivity index (χ4n) is 1.47. The number of benzene rings is 1. The Labute approximate surface area is 110 Å². The minimum absolute atomic E-state index is 0.148. The quantitative estimate of drug-likeness (QED) is 0.686. The van der Waals surface area contributed by atoms with Gasteiger partial charge in [0.25, 0.3) is 5.91 Å². The van der Waals surface area contributed by atoms with Gasteiger partial charge < -0.3 is 20.3 Å². The van der Waals surface area contributed by atoms with Crippen LogP contribution >= 0.6 is 11.6 Å². The zero-order chi connectivity index (χ0) is 13.5. The minimum Gasteiger partial charge on any atom is -0.507 e. The molecule has 3 N–H and O–H groups in total. The predicted molar refractivity (Wildman–Crippen MR) is 68.2 cm³/mol. The molecular weight excluding hydrogens is 258 g/mol. The first-order valence-electron chi connectivity index (χ1n) is 5.46. The highest BCUT2D eigenvalue weighted by atomic mass is 35.5. The maximum Gasteiger partial charge on any atom is 0.259 e. The van der Waals surface area contributed by atoms with E-state index in [0.717, 1.165) is 0 Å². The third kappa shape index (κ3) is 3.78. The van der Waals surface area contributed by atoms with Gasteiger partial charge in [0.1, 0.15) is 17.1 Å². The van der Waals surface area contributed by atoms with Crippen molar-refractivity contribution < 1.29 is 19.7 Å². The van der Waals surface area contributed by atoms with E-state index in [1.165, 1.54) is 18.2 Å². The second-order valence-electron chi connectivity index (χ2n) is 3.78. The maximum absolute atomic E-state index is 11.9. The molecule has 0 aliphatic heterocycles. The molecule has 0 radical (unpaired) electrons. The Morgan fingerprint density at radius 3 is 2.56 bits per heavy atom. The standard InChI is InChI=1S/C12H16ClNO4/c1-18-6-5-8(7-13)14-12(17)11-9(15)3-2-4-10(11)16/h2-4,8,15-16H,5-7H2,1H3,(H,14,17). The normalized spacial score (nSPS) is 12.1. The van der Waals surface area contributed by atoms with E-state index >= 15 is 0 Å². The van der Waals surface area contributed by atoms with Gasteiger partial charge in [-0.15, -0.1) is 11.6 Å². The summed E-state index contributed by atoms with van der Waals surface area (Å²) in [6.07, 6.45) is 0.556. The van der Waals surface area contributed by atoms with E-state index < -0.39 is 5.91 Å². The summed E-state index contributed by atoms with van der Waals surface area (Å²) in [7, 11) is 1.56. The summed E-state index contributed by atoms with van der Waals surface area (Å²) in [5, 5.41) is 21.7. The highest BCUT2D eigenvalue weighted by molar-refractivity contribution is 6.18. The molecule has 18 heavy (non-hydrogen) atoms. The van der Waals surface area contributed by atoms with Crippen LogP contribution in [-0.2, 0) is 4.74 Å². The van der Waals surface area contributed by atoms with Gasteiger partial charge in [-0.1, -0.05) is 6.07 Å². The van der Waals surface area contributed by atoms with Crippen LogP contribution < -0.4 is 5.32 Å². The molecular formula is C12H16ClNO4. The minimum atomic E-state index is -0.563. The molecule has 5 nitrogen and oxygen atoms in total. The molecule has 1 atom stereocenters. The fraction of sp³-hybridized carbons (Fsp3) is 0.417. The summed E-state index contributed by atoms with van der Waals surface area (Å²) in [6, 6.07) is 3.84. The van der Waals surface area contributed by atoms with Crippen molar-refractivity contribution in [2.75, 3.05) is 19.6 Å². The van der Waals surface area contributed by atoms with Gasteiger partial charge in [-0.25, -0.2) is 0 Å². The van der Waals surface area contributed by atoms with E-state index in [2.05, 4.69) is 5.32 Å². The number of methoxy groups -OCH3 is 1. The van der Waals surface area contributed by atoms with Crippen LogP contribution in [0.1, 0.15) is 16.8 Å². The number of carbonyl (C=O) groups excluding carboxylic acids is 1. The number of phenolic OH excluding ortho intramolecular Hbond substituents is 2. The van der Waals surface area contributed by atoms with Crippen LogP contribution in [0.25, 0.3) is 0 Å². The number of alkyl halides is 1. The summed E-state index contributed by atoms with van der Waals surface area (Å²) in [5.74, 6) is -0.879. The van der Waals surface area contributed by atoms with Crippen LogP contribution in [0.4, 0.5) is 0 Å². The lowest BCUT2D eigenvalue weighted by molar-refractivity contribution is 0.0925. The van der Waals surface area contributed by atoms with Gasteiger partial charge in [-0.3, -0.25) is 4.79 Å². The molecule has 6 heteroatoms. The number of carbonyl (C=O) groups is 1. The number of amides is 1. The molecule has 0 aromatic heterocycles. The Hall–Kier alpha value is -1.46. The Morgan fingerprint density at radius 2 is 2.06 bits per heavy atom. The van der Waals surface area contributed by atoms with Crippen molar-refractivity contribution in [1.29, 1.82) is 0 Å². The molecule has 0 aliphatic carbocycles. The average molecular weight is 274 g/mol. The second kappa shape index (κ2) is 7.08. The number of ether oxygens (including phenoxy) is 1. The van der Waals surface area contributed by atoms with E-state index in [1.807, 2.05) is 0 Å². The van der Waals surface area contributed by atoms with Crippen molar-refractivity contribution in [1.82, 2.24) is 5.32 Å². The van der Waals surface area contributed by atoms with Crippen molar-refractivity contribution in [2.45, 2.75) is 12.5 Å². The molecule has 100 valence electrons. The second-order valence-corrected chi connectivity index (χ2v) is 4.09. The molecule has 0 saturated carbocycles. The summed E-state index contributed by atoms with van der Waals surface area (Å²) in [4.78, 5) is 11.9. The van der Waals surface area contributed by atoms with Crippen LogP contribution in [0.15, 0.2) is 18.2 Å². The molecule has 0 saturated heterocycles. The third-order valence-electron chi connectivity index (χ3n) is 2.44. The third-order valence-corrected chi connectivity index (χ3v) is 2.81. The lowest BCUT2D eigenvalue weighted by atomic mass is 10.1. The molecule has 0 spiro atoms. The molecule has 1 amide bonds. The van der Waals surface area contributed by atoms with Gasteiger partial charge in [0.15, 0.2) is 0 Å². The van der Waals surface area contributed by atoms with Gasteiger partial charge in [-0.2, -0.15) is 0 Å². The SMILES string of the molecule is COCCC(CCl)NC(=O)c1c(O)cccc1O.